The number of hydrogen-bond acceptors (Lipinski definition) is 36. The van der Waals surface area contributed by atoms with E-state index >= 15 is 0 Å². The second kappa shape index (κ2) is 50.8. The third-order valence-corrected chi connectivity index (χ3v) is 17.9. The Bertz CT molecular complexity index is 3890. The lowest BCUT2D eigenvalue weighted by molar-refractivity contribution is -0.142. The van der Waals surface area contributed by atoms with E-state index in [2.05, 4.69) is 78.4 Å². The summed E-state index contributed by atoms with van der Waals surface area (Å²) in [6, 6.07) is -8.84. The summed E-state index contributed by atoms with van der Waals surface area (Å²) < 4.78 is 0. The second-order valence-corrected chi connectivity index (χ2v) is 27.2. The molecule has 0 radical (unpaired) electrons. The molecule has 1 aromatic carbocycles. The number of H-pyrrole nitrogens is 1. The molecule has 117 heavy (non-hydrogen) atoms. The van der Waals surface area contributed by atoms with Crippen molar-refractivity contribution in [2.24, 2.45) is 0 Å². The van der Waals surface area contributed by atoms with Gasteiger partial charge in [-0.15, -0.1) is 0 Å². The Kier molecular flexibility index (Phi) is 43.6. The number of carboxylic acid groups (broad SMARTS) is 4. The van der Waals surface area contributed by atoms with Crippen LogP contribution in [0.3, 0.4) is 0 Å². The minimum atomic E-state index is -2.24. The molecule has 0 unspecified atom stereocenters. The van der Waals surface area contributed by atoms with E-state index in [0.717, 1.165) is 11.8 Å². The zero-order chi connectivity index (χ0) is 88.1. The fourth-order valence-corrected chi connectivity index (χ4v) is 11.0. The standard InChI is InChI=1S/C66H100N16O34S/c1-117-26-36(65(115)116)80-62(111)32(8-14-45(94)71-22-39(88)52(102)55(105)42(91)25-85)76-61(110)34(11-17-48(98)99)78-59(108)31(7-13-44(93)70-21-38(87)51(101)54(104)41(90)24-84)75-60(109)33(10-16-47(96)97)77-58(107)30(6-12-43(92)69-20-37(86)50(100)53(103)40(89)23-83)74-46(95)15-9-35(64(113)114)79-57(106)27-2-4-28(5-3-27)68-18-29-19-72-56-49(73-29)63(112)82-66(67)81-56/h2-5,19,30-42,50-55,68,83-91,100-105H,6-18,20-26H2,1H3,(H,69,92)(H,70,93)(H,71,94)(H,74,95)(H,75,109)(H,76,110)(H,77,107)(H,78,108)(H,79,106)(H,80,111)(H,96,97)(H,98,99)(H,113,114)(H,115,116)(H3,67,72,81,82,112)/t30-,31-,32-,33-,34-,35-,36-,37-,38-,39-,40+,41+,42+,50+,51+,52+,53+,54+,55+/m0/s1. The number of rotatable bonds is 56. The second-order valence-electron chi connectivity index (χ2n) is 26.3. The van der Waals surface area contributed by atoms with Gasteiger partial charge in [0.15, 0.2) is 11.2 Å². The van der Waals surface area contributed by atoms with Crippen molar-refractivity contribution in [2.45, 2.75) is 199 Å². The van der Waals surface area contributed by atoms with Crippen LogP contribution in [0.25, 0.3) is 11.2 Å². The molecule has 0 aliphatic heterocycles. The lowest BCUT2D eigenvalue weighted by Crippen LogP contribution is -2.60. The van der Waals surface area contributed by atoms with Crippen LogP contribution in [0, 0.1) is 0 Å². The quantitative estimate of drug-likeness (QED) is 0.0249. The number of carbonyl (C=O) groups is 14. The number of nitrogens with two attached hydrogens (primary N) is 1. The van der Waals surface area contributed by atoms with E-state index in [-0.39, 0.29) is 40.7 Å². The van der Waals surface area contributed by atoms with Gasteiger partial charge in [0.05, 0.1) is 56.6 Å². The maximum absolute atomic E-state index is 14.7. The summed E-state index contributed by atoms with van der Waals surface area (Å²) in [5.74, 6) is -20.0. The summed E-state index contributed by atoms with van der Waals surface area (Å²) >= 11 is 0.925. The summed E-state index contributed by atoms with van der Waals surface area (Å²) in [7, 11) is 0. The molecule has 2 heterocycles. The molecule has 0 bridgehead atoms. The van der Waals surface area contributed by atoms with E-state index in [1.165, 1.54) is 36.7 Å². The number of thioether (sulfide) groups is 1. The molecule has 0 fully saturated rings. The van der Waals surface area contributed by atoms with Crippen molar-refractivity contribution in [3.05, 3.63) is 52.1 Å². The van der Waals surface area contributed by atoms with Crippen LogP contribution in [0.5, 0.6) is 0 Å². The first-order valence-corrected chi connectivity index (χ1v) is 37.1. The van der Waals surface area contributed by atoms with Crippen LogP contribution in [-0.4, -0.2) is 367 Å². The van der Waals surface area contributed by atoms with Crippen molar-refractivity contribution in [3.8, 4) is 0 Å². The van der Waals surface area contributed by atoms with Crippen molar-refractivity contribution < 1.29 is 164 Å². The first kappa shape index (κ1) is 101. The van der Waals surface area contributed by atoms with Crippen LogP contribution in [0.15, 0.2) is 35.3 Å². The van der Waals surface area contributed by atoms with Crippen LogP contribution in [0.4, 0.5) is 11.6 Å². The van der Waals surface area contributed by atoms with Gasteiger partial charge in [0.1, 0.15) is 97.2 Å². The predicted molar refractivity (Wildman–Crippen MR) is 396 cm³/mol. The first-order valence-electron chi connectivity index (χ1n) is 35.7. The molecule has 0 aliphatic carbocycles. The molecule has 2 aromatic heterocycles. The zero-order valence-corrected chi connectivity index (χ0v) is 63.3. The normalized spacial score (nSPS) is 16.3. The number of aliphatic hydroxyl groups is 15. The van der Waals surface area contributed by atoms with Gasteiger partial charge in [-0.2, -0.15) is 16.7 Å². The van der Waals surface area contributed by atoms with Crippen molar-refractivity contribution >= 4 is 118 Å². The minimum Gasteiger partial charge on any atom is -0.481 e. The Morgan fingerprint density at radius 2 is 0.761 bits per heavy atom. The lowest BCUT2D eigenvalue weighted by atomic mass is 10.0. The Balaban J connectivity index is 2.06. The monoisotopic (exact) mass is 1690 g/mol. The van der Waals surface area contributed by atoms with Crippen molar-refractivity contribution in [1.82, 2.24) is 73.1 Å². The van der Waals surface area contributed by atoms with E-state index in [0.29, 0.717) is 5.69 Å². The number of benzene rings is 1. The molecule has 3 rings (SSSR count). The number of carbonyl (C=O) groups excluding carboxylic acids is 10. The van der Waals surface area contributed by atoms with Gasteiger partial charge in [0.25, 0.3) is 11.5 Å². The molecule has 3 aromatic rings. The van der Waals surface area contributed by atoms with Crippen LogP contribution in [0.2, 0.25) is 0 Å². The number of fused-ring (bicyclic) bond motifs is 1. The van der Waals surface area contributed by atoms with Crippen LogP contribution in [0.1, 0.15) is 93.1 Å². The molecule has 10 amide bonds. The van der Waals surface area contributed by atoms with Gasteiger partial charge in [0, 0.05) is 75.2 Å². The Morgan fingerprint density at radius 1 is 0.427 bits per heavy atom. The van der Waals surface area contributed by atoms with Gasteiger partial charge >= 0.3 is 23.9 Å². The molecule has 0 spiro atoms. The van der Waals surface area contributed by atoms with Crippen LogP contribution in [-0.2, 0) is 68.9 Å². The van der Waals surface area contributed by atoms with Crippen molar-refractivity contribution in [1.29, 1.82) is 0 Å². The third kappa shape index (κ3) is 35.0. The highest BCUT2D eigenvalue weighted by molar-refractivity contribution is 7.98. The molecule has 0 saturated carbocycles. The smallest absolute Gasteiger partial charge is 0.327 e. The maximum Gasteiger partial charge on any atom is 0.327 e. The predicted octanol–water partition coefficient (Wildman–Crippen LogP) is -14.0. The fraction of sp³-hybridized carbons (Fsp3) is 0.606. The molecular formula is C66H100N16O34S. The Hall–Kier alpha value is -10.6. The number of nitrogen functional groups attached to an aromatic ring is 1. The SMILES string of the molecule is CSC[C@H](NC(=O)[C@H](CCC(=O)NC[C@H](O)[C@@H](O)[C@H](O)[C@H](O)CO)NC(=O)[C@H](CCC(=O)O)NC(=O)[C@H](CCC(=O)NC[C@H](O)[C@@H](O)[C@H](O)[C@H](O)CO)NC(=O)[C@H](CCC(=O)O)NC(=O)[C@H](CCC(=O)NC[C@H](O)[C@@H](O)[C@H](O)[C@H](O)CO)NC(=O)CC[C@H](NC(=O)c1ccc(NCc2cnc3nc(N)[nH]c(=O)c3n2)cc1)C(=O)O)C(=O)O. The lowest BCUT2D eigenvalue weighted by Gasteiger charge is -2.28. The van der Waals surface area contributed by atoms with E-state index in [4.69, 9.17) is 10.8 Å². The summed E-state index contributed by atoms with van der Waals surface area (Å²) in [6.45, 7) is -5.95. The Labute approximate surface area is 666 Å². The number of aliphatic carboxylic acids is 4. The molecule has 0 aliphatic rings. The summed E-state index contributed by atoms with van der Waals surface area (Å²) in [4.78, 5) is 215. The molecule has 19 atom stereocenters. The summed E-state index contributed by atoms with van der Waals surface area (Å²) in [5, 5.41) is 213. The average Bonchev–Trinajstić information content (AvgIpc) is 0.812. The van der Waals surface area contributed by atoms with Gasteiger partial charge in [-0.1, -0.05) is 0 Å². The van der Waals surface area contributed by atoms with Crippen molar-refractivity contribution in [2.75, 3.05) is 62.5 Å². The molecular weight excluding hydrogens is 1590 g/mol. The minimum absolute atomic E-state index is 0.00275. The molecule has 51 heteroatoms. The highest BCUT2D eigenvalue weighted by atomic mass is 32.2. The molecule has 50 nitrogen and oxygen atoms in total. The summed E-state index contributed by atoms with van der Waals surface area (Å²) in [6.07, 6.45) is -33.2. The van der Waals surface area contributed by atoms with E-state index < -0.39 is 321 Å². The topological polar surface area (TPSA) is 853 Å². The maximum atomic E-state index is 14.7. The third-order valence-electron chi connectivity index (χ3n) is 17.3. The van der Waals surface area contributed by atoms with Crippen LogP contribution < -0.4 is 69.8 Å². The number of nitrogens with one attached hydrogen (secondary N) is 12. The number of aliphatic hydroxyl groups excluding tert-OH is 15. The van der Waals surface area contributed by atoms with E-state index in [1.807, 2.05) is 0 Å². The van der Waals surface area contributed by atoms with Crippen LogP contribution >= 0.6 is 11.8 Å². The number of aromatic amines is 1. The zero-order valence-electron chi connectivity index (χ0n) is 62.4. The van der Waals surface area contributed by atoms with Gasteiger partial charge in [-0.25, -0.2) is 19.6 Å². The fourth-order valence-electron chi connectivity index (χ4n) is 10.4. The molecule has 33 N–H and O–H groups in total. The number of aromatic nitrogens is 4. The van der Waals surface area contributed by atoms with E-state index in [1.54, 1.807) is 0 Å². The summed E-state index contributed by atoms with van der Waals surface area (Å²) in [5.41, 5.74) is 5.36. The first-order chi connectivity index (χ1) is 55.0. The van der Waals surface area contributed by atoms with Gasteiger partial charge in [-0.3, -0.25) is 67.3 Å². The number of hydrogen-bond donors (Lipinski definition) is 32. The number of nitrogens with zero attached hydrogens (tertiary/aromatic N) is 3. The molecule has 654 valence electrons. The largest absolute Gasteiger partial charge is 0.481 e. The number of anilines is 2. The average molecular weight is 1690 g/mol. The van der Waals surface area contributed by atoms with E-state index in [9.17, 15) is 164 Å². The van der Waals surface area contributed by atoms with Gasteiger partial charge in [-0.05, 0) is 69.0 Å². The molecule has 0 saturated heterocycles. The number of amides is 10. The van der Waals surface area contributed by atoms with Crippen molar-refractivity contribution in [3.63, 3.8) is 0 Å². The number of carboxylic acids is 4. The highest BCUT2D eigenvalue weighted by Crippen LogP contribution is 2.16. The van der Waals surface area contributed by atoms with Gasteiger partial charge < -0.3 is 161 Å². The Morgan fingerprint density at radius 3 is 1.11 bits per heavy atom. The highest BCUT2D eigenvalue weighted by Gasteiger charge is 2.38. The van der Waals surface area contributed by atoms with Gasteiger partial charge in [0.2, 0.25) is 59.1 Å².